The molecule has 0 aromatic carbocycles. The lowest BCUT2D eigenvalue weighted by Gasteiger charge is -2.00. The van der Waals surface area contributed by atoms with Gasteiger partial charge in [0.1, 0.15) is 12.4 Å². The normalized spacial score (nSPS) is 9.75. The average molecular weight is 169 g/mol. The Balaban J connectivity index is 2.22. The average Bonchev–Trinajstić information content (AvgIpc) is 2.53. The highest BCUT2D eigenvalue weighted by Crippen LogP contribution is 1.97. The number of hydrogen-bond acceptors (Lipinski definition) is 3. The molecule has 0 saturated heterocycles. The van der Waals surface area contributed by atoms with E-state index in [2.05, 4.69) is 10.1 Å². The van der Waals surface area contributed by atoms with Crippen LogP contribution in [0.3, 0.4) is 0 Å². The van der Waals surface area contributed by atoms with Gasteiger partial charge in [0.25, 0.3) is 0 Å². The van der Waals surface area contributed by atoms with Crippen molar-refractivity contribution in [3.8, 4) is 0 Å². The predicted molar refractivity (Wildman–Crippen MR) is 42.4 cm³/mol. The van der Waals surface area contributed by atoms with E-state index in [1.165, 1.54) is 7.11 Å². The number of furan rings is 1. The molecule has 0 spiro atoms. The number of carbonyl (C=O) groups excluding carboxylic acids is 1. The van der Waals surface area contributed by atoms with E-state index in [9.17, 15) is 4.79 Å². The largest absolute Gasteiger partial charge is 0.467 e. The lowest BCUT2D eigenvalue weighted by molar-refractivity contribution is -0.124. The lowest BCUT2D eigenvalue weighted by atomic mass is 10.4. The summed E-state index contributed by atoms with van der Waals surface area (Å²) in [5, 5.41) is 2.63. The predicted octanol–water partition coefficient (Wildman–Crippen LogP) is 0.542. The number of amides is 1. The third-order valence-electron chi connectivity index (χ3n) is 1.32. The highest BCUT2D eigenvalue weighted by atomic mass is 16.5. The molecule has 1 aromatic heterocycles. The molecule has 1 amide bonds. The van der Waals surface area contributed by atoms with E-state index < -0.39 is 0 Å². The monoisotopic (exact) mass is 169 g/mol. The Morgan fingerprint density at radius 2 is 2.58 bits per heavy atom. The molecular formula is C8H11NO3. The first-order valence-electron chi connectivity index (χ1n) is 3.61. The SMILES string of the molecule is COCC(=O)NCc1ccco1. The molecule has 0 fully saturated rings. The highest BCUT2D eigenvalue weighted by molar-refractivity contribution is 5.77. The van der Waals surface area contributed by atoms with Gasteiger partial charge in [-0.3, -0.25) is 4.79 Å². The molecule has 4 nitrogen and oxygen atoms in total. The molecular weight excluding hydrogens is 158 g/mol. The molecule has 1 rings (SSSR count). The van der Waals surface area contributed by atoms with Crippen molar-refractivity contribution in [3.05, 3.63) is 24.2 Å². The summed E-state index contributed by atoms with van der Waals surface area (Å²) in [6.45, 7) is 0.496. The Morgan fingerprint density at radius 3 is 3.17 bits per heavy atom. The summed E-state index contributed by atoms with van der Waals surface area (Å²) in [5.74, 6) is 0.591. The van der Waals surface area contributed by atoms with Crippen LogP contribution in [0, 0.1) is 0 Å². The van der Waals surface area contributed by atoms with Crippen LogP contribution in [0.25, 0.3) is 0 Å². The van der Waals surface area contributed by atoms with Crippen molar-refractivity contribution in [1.29, 1.82) is 0 Å². The van der Waals surface area contributed by atoms with Gasteiger partial charge in [0.2, 0.25) is 5.91 Å². The summed E-state index contributed by atoms with van der Waals surface area (Å²) >= 11 is 0. The van der Waals surface area contributed by atoms with Crippen LogP contribution >= 0.6 is 0 Å². The van der Waals surface area contributed by atoms with Gasteiger partial charge in [-0.2, -0.15) is 0 Å². The maximum atomic E-state index is 10.9. The van der Waals surface area contributed by atoms with Gasteiger partial charge in [-0.15, -0.1) is 0 Å². The van der Waals surface area contributed by atoms with Gasteiger partial charge < -0.3 is 14.5 Å². The minimum Gasteiger partial charge on any atom is -0.467 e. The molecule has 0 radical (unpaired) electrons. The molecule has 0 saturated carbocycles. The molecule has 1 N–H and O–H groups in total. The summed E-state index contributed by atoms with van der Waals surface area (Å²) in [7, 11) is 1.48. The topological polar surface area (TPSA) is 51.5 Å². The van der Waals surface area contributed by atoms with Crippen LogP contribution in [-0.4, -0.2) is 19.6 Å². The highest BCUT2D eigenvalue weighted by Gasteiger charge is 2.00. The van der Waals surface area contributed by atoms with Crippen LogP contribution in [0.5, 0.6) is 0 Å². The van der Waals surface area contributed by atoms with Crippen LogP contribution in [-0.2, 0) is 16.1 Å². The molecule has 0 unspecified atom stereocenters. The van der Waals surface area contributed by atoms with Crippen LogP contribution in [0.15, 0.2) is 22.8 Å². The Hall–Kier alpha value is -1.29. The fourth-order valence-corrected chi connectivity index (χ4v) is 0.781. The van der Waals surface area contributed by atoms with Crippen LogP contribution in [0.2, 0.25) is 0 Å². The maximum Gasteiger partial charge on any atom is 0.246 e. The third-order valence-corrected chi connectivity index (χ3v) is 1.32. The van der Waals surface area contributed by atoms with Gasteiger partial charge in [0, 0.05) is 7.11 Å². The Labute approximate surface area is 70.5 Å². The van der Waals surface area contributed by atoms with E-state index in [0.717, 1.165) is 5.76 Å². The first-order chi connectivity index (χ1) is 5.83. The number of methoxy groups -OCH3 is 1. The molecule has 0 aliphatic rings. The molecule has 0 bridgehead atoms. The van der Waals surface area contributed by atoms with Gasteiger partial charge in [0.15, 0.2) is 0 Å². The second-order valence-corrected chi connectivity index (χ2v) is 2.29. The van der Waals surface area contributed by atoms with Gasteiger partial charge >= 0.3 is 0 Å². The second kappa shape index (κ2) is 4.56. The third kappa shape index (κ3) is 2.75. The number of rotatable bonds is 4. The zero-order valence-corrected chi connectivity index (χ0v) is 6.87. The van der Waals surface area contributed by atoms with E-state index >= 15 is 0 Å². The van der Waals surface area contributed by atoms with Gasteiger partial charge in [-0.25, -0.2) is 0 Å². The van der Waals surface area contributed by atoms with Crippen LogP contribution in [0.4, 0.5) is 0 Å². The quantitative estimate of drug-likeness (QED) is 0.715. The Bertz CT molecular complexity index is 230. The van der Waals surface area contributed by atoms with Crippen molar-refractivity contribution in [2.75, 3.05) is 13.7 Å². The van der Waals surface area contributed by atoms with E-state index in [-0.39, 0.29) is 12.5 Å². The van der Waals surface area contributed by atoms with Crippen molar-refractivity contribution >= 4 is 5.91 Å². The number of hydrogen-bond donors (Lipinski definition) is 1. The van der Waals surface area contributed by atoms with Crippen LogP contribution < -0.4 is 5.32 Å². The zero-order valence-electron chi connectivity index (χ0n) is 6.87. The summed E-state index contributed by atoms with van der Waals surface area (Å²) in [5.41, 5.74) is 0. The first-order valence-corrected chi connectivity index (χ1v) is 3.61. The molecule has 1 heterocycles. The number of ether oxygens (including phenoxy) is 1. The minimum atomic E-state index is -0.145. The molecule has 66 valence electrons. The molecule has 12 heavy (non-hydrogen) atoms. The molecule has 0 atom stereocenters. The van der Waals surface area contributed by atoms with Crippen molar-refractivity contribution in [3.63, 3.8) is 0 Å². The van der Waals surface area contributed by atoms with E-state index in [1.807, 2.05) is 0 Å². The first kappa shape index (κ1) is 8.80. The standard InChI is InChI=1S/C8H11NO3/c1-11-6-8(10)9-5-7-3-2-4-12-7/h2-4H,5-6H2,1H3,(H,9,10). The zero-order chi connectivity index (χ0) is 8.81. The van der Waals surface area contributed by atoms with Crippen molar-refractivity contribution in [2.24, 2.45) is 0 Å². The molecule has 0 aliphatic heterocycles. The fraction of sp³-hybridized carbons (Fsp3) is 0.375. The summed E-state index contributed by atoms with van der Waals surface area (Å²) in [6, 6.07) is 3.57. The van der Waals surface area contributed by atoms with Crippen molar-refractivity contribution in [1.82, 2.24) is 5.32 Å². The molecule has 1 aromatic rings. The van der Waals surface area contributed by atoms with Crippen molar-refractivity contribution in [2.45, 2.75) is 6.54 Å². The van der Waals surface area contributed by atoms with E-state index in [1.54, 1.807) is 18.4 Å². The molecule has 0 aliphatic carbocycles. The Kier molecular flexibility index (Phi) is 3.35. The smallest absolute Gasteiger partial charge is 0.246 e. The lowest BCUT2D eigenvalue weighted by Crippen LogP contribution is -2.26. The fourth-order valence-electron chi connectivity index (χ4n) is 0.781. The summed E-state index contributed by atoms with van der Waals surface area (Å²) < 4.78 is 9.64. The summed E-state index contributed by atoms with van der Waals surface area (Å²) in [6.07, 6.45) is 1.57. The van der Waals surface area contributed by atoms with E-state index in [0.29, 0.717) is 6.54 Å². The minimum absolute atomic E-state index is 0.0840. The van der Waals surface area contributed by atoms with Gasteiger partial charge in [-0.05, 0) is 12.1 Å². The van der Waals surface area contributed by atoms with Crippen LogP contribution in [0.1, 0.15) is 5.76 Å². The second-order valence-electron chi connectivity index (χ2n) is 2.29. The van der Waals surface area contributed by atoms with Crippen molar-refractivity contribution < 1.29 is 13.9 Å². The maximum absolute atomic E-state index is 10.9. The van der Waals surface area contributed by atoms with E-state index in [4.69, 9.17) is 4.42 Å². The van der Waals surface area contributed by atoms with Gasteiger partial charge in [-0.1, -0.05) is 0 Å². The molecule has 4 heteroatoms. The van der Waals surface area contributed by atoms with Gasteiger partial charge in [0.05, 0.1) is 12.8 Å². The number of nitrogens with one attached hydrogen (secondary N) is 1. The Morgan fingerprint density at radius 1 is 1.75 bits per heavy atom. The number of carbonyl (C=O) groups is 1. The summed E-state index contributed by atoms with van der Waals surface area (Å²) in [4.78, 5) is 10.9.